The van der Waals surface area contributed by atoms with Crippen LogP contribution in [0, 0.1) is 24.0 Å². The van der Waals surface area contributed by atoms with E-state index in [9.17, 15) is 13.6 Å². The van der Waals surface area contributed by atoms with E-state index in [0.717, 1.165) is 0 Å². The van der Waals surface area contributed by atoms with E-state index in [-0.39, 0.29) is 35.7 Å². The number of nitrogens with two attached hydrogens (primary N) is 1. The van der Waals surface area contributed by atoms with Crippen molar-refractivity contribution in [1.82, 2.24) is 4.98 Å². The summed E-state index contributed by atoms with van der Waals surface area (Å²) in [6, 6.07) is 12.5. The van der Waals surface area contributed by atoms with Crippen LogP contribution in [-0.4, -0.2) is 21.9 Å². The van der Waals surface area contributed by atoms with Crippen molar-refractivity contribution in [2.24, 2.45) is 5.73 Å². The highest BCUT2D eigenvalue weighted by Crippen LogP contribution is 2.33. The van der Waals surface area contributed by atoms with E-state index in [0.29, 0.717) is 11.1 Å². The monoisotopic (exact) mass is 427 g/mol. The first-order valence-corrected chi connectivity index (χ1v) is 9.21. The van der Waals surface area contributed by atoms with Gasteiger partial charge >= 0.3 is 5.97 Å². The van der Waals surface area contributed by atoms with Crippen molar-refractivity contribution in [3.63, 3.8) is 0 Å². The second kappa shape index (κ2) is 9.21. The first-order chi connectivity index (χ1) is 14.7. The molecule has 0 fully saturated rings. The number of carbonyl (C=O) groups is 1. The van der Waals surface area contributed by atoms with Gasteiger partial charge in [-0.3, -0.25) is 10.2 Å². The Balaban J connectivity index is 1.89. The van der Waals surface area contributed by atoms with Gasteiger partial charge in [-0.25, -0.2) is 8.78 Å². The van der Waals surface area contributed by atoms with Crippen LogP contribution in [0.4, 0.5) is 8.78 Å². The fourth-order valence-corrected chi connectivity index (χ4v) is 2.71. The zero-order valence-electron chi connectivity index (χ0n) is 16.5. The number of hydrogen-bond acceptors (Lipinski definition) is 5. The molecule has 0 saturated heterocycles. The highest BCUT2D eigenvalue weighted by molar-refractivity contribution is 5.95. The van der Waals surface area contributed by atoms with Crippen LogP contribution in [0.25, 0.3) is 0 Å². The molecule has 0 atom stereocenters. The van der Waals surface area contributed by atoms with E-state index in [1.807, 2.05) is 0 Å². The minimum Gasteiger partial charge on any atom is -0.481 e. The van der Waals surface area contributed by atoms with E-state index < -0.39 is 29.4 Å². The average Bonchev–Trinajstić information content (AvgIpc) is 2.74. The smallest absolute Gasteiger partial charge is 0.303 e. The minimum absolute atomic E-state index is 0.0664. The van der Waals surface area contributed by atoms with Crippen LogP contribution in [0.1, 0.15) is 23.1 Å². The largest absolute Gasteiger partial charge is 0.481 e. The molecule has 0 radical (unpaired) electrons. The van der Waals surface area contributed by atoms with Crippen molar-refractivity contribution in [2.75, 3.05) is 0 Å². The summed E-state index contributed by atoms with van der Waals surface area (Å²) >= 11 is 0. The Hall–Kier alpha value is -4.01. The van der Waals surface area contributed by atoms with E-state index in [1.165, 1.54) is 19.1 Å². The molecule has 1 aromatic heterocycles. The molecule has 3 rings (SSSR count). The van der Waals surface area contributed by atoms with Gasteiger partial charge < -0.3 is 20.3 Å². The number of nitrogen functional groups attached to an aromatic ring is 1. The van der Waals surface area contributed by atoms with Crippen molar-refractivity contribution in [1.29, 1.82) is 5.41 Å². The van der Waals surface area contributed by atoms with Crippen LogP contribution in [0.5, 0.6) is 23.3 Å². The maximum absolute atomic E-state index is 14.6. The van der Waals surface area contributed by atoms with Gasteiger partial charge in [-0.1, -0.05) is 24.3 Å². The average molecular weight is 427 g/mol. The molecule has 0 amide bonds. The molecule has 160 valence electrons. The first-order valence-electron chi connectivity index (χ1n) is 9.21. The summed E-state index contributed by atoms with van der Waals surface area (Å²) in [6.45, 7) is 1.22. The topological polar surface area (TPSA) is 119 Å². The van der Waals surface area contributed by atoms with Gasteiger partial charge in [-0.05, 0) is 43.2 Å². The number of rotatable bonds is 8. The molecule has 1 heterocycles. The number of amidine groups is 1. The highest BCUT2D eigenvalue weighted by atomic mass is 19.1. The van der Waals surface area contributed by atoms with Gasteiger partial charge in [0.15, 0.2) is 11.6 Å². The normalized spacial score (nSPS) is 10.5. The Morgan fingerprint density at radius 2 is 1.65 bits per heavy atom. The van der Waals surface area contributed by atoms with Crippen LogP contribution < -0.4 is 15.2 Å². The SMILES string of the molecule is Cc1c(F)c(Oc2cccc(CCC(=O)O)c2)nc(Oc2cccc(C(=N)N)c2)c1F. The van der Waals surface area contributed by atoms with Crippen molar-refractivity contribution in [2.45, 2.75) is 19.8 Å². The number of aryl methyl sites for hydroxylation is 1. The predicted octanol–water partition coefficient (Wildman–Crippen LogP) is 4.55. The number of halogens is 2. The summed E-state index contributed by atoms with van der Waals surface area (Å²) in [5.74, 6) is -3.74. The first kappa shape index (κ1) is 21.7. The van der Waals surface area contributed by atoms with E-state index >= 15 is 0 Å². The highest BCUT2D eigenvalue weighted by Gasteiger charge is 2.21. The number of aromatic nitrogens is 1. The third-order valence-corrected chi connectivity index (χ3v) is 4.34. The molecule has 0 aliphatic rings. The van der Waals surface area contributed by atoms with Gasteiger partial charge in [0.25, 0.3) is 11.8 Å². The standard InChI is InChI=1S/C22H19F2N3O4/c1-12-18(23)21(30-15-6-2-4-13(10-15)8-9-17(28)29)27-22(19(12)24)31-16-7-3-5-14(11-16)20(25)26/h2-7,10-11H,8-9H2,1H3,(H3,25,26)(H,28,29). The second-order valence-electron chi connectivity index (χ2n) is 6.66. The van der Waals surface area contributed by atoms with Crippen LogP contribution in [0.2, 0.25) is 0 Å². The van der Waals surface area contributed by atoms with Gasteiger partial charge in [0.05, 0.1) is 0 Å². The summed E-state index contributed by atoms with van der Waals surface area (Å²) in [5.41, 5.74) is 6.15. The number of ether oxygens (including phenoxy) is 2. The number of hydrogen-bond donors (Lipinski definition) is 3. The van der Waals surface area contributed by atoms with Gasteiger partial charge in [0.2, 0.25) is 0 Å². The lowest BCUT2D eigenvalue weighted by Gasteiger charge is -2.13. The molecule has 0 spiro atoms. The number of carboxylic acid groups (broad SMARTS) is 1. The second-order valence-corrected chi connectivity index (χ2v) is 6.66. The van der Waals surface area contributed by atoms with Crippen molar-refractivity contribution < 1.29 is 28.2 Å². The third-order valence-electron chi connectivity index (χ3n) is 4.34. The van der Waals surface area contributed by atoms with E-state index in [4.69, 9.17) is 25.7 Å². The molecule has 0 aliphatic carbocycles. The van der Waals surface area contributed by atoms with Crippen LogP contribution in [0.3, 0.4) is 0 Å². The van der Waals surface area contributed by atoms with Gasteiger partial charge in [-0.2, -0.15) is 4.98 Å². The Labute approximate surface area is 176 Å². The molecule has 31 heavy (non-hydrogen) atoms. The number of aliphatic carboxylic acids is 1. The molecular formula is C22H19F2N3O4. The number of carboxylic acids is 1. The summed E-state index contributed by atoms with van der Waals surface area (Å²) in [4.78, 5) is 14.6. The van der Waals surface area contributed by atoms with Crippen molar-refractivity contribution in [3.05, 3.63) is 76.9 Å². The lowest BCUT2D eigenvalue weighted by atomic mass is 10.1. The lowest BCUT2D eigenvalue weighted by Crippen LogP contribution is -2.10. The Bertz CT molecular complexity index is 1150. The van der Waals surface area contributed by atoms with Crippen molar-refractivity contribution >= 4 is 11.8 Å². The Morgan fingerprint density at radius 3 is 2.23 bits per heavy atom. The van der Waals surface area contributed by atoms with Crippen LogP contribution >= 0.6 is 0 Å². The molecular weight excluding hydrogens is 408 g/mol. The lowest BCUT2D eigenvalue weighted by molar-refractivity contribution is -0.136. The number of nitrogens with zero attached hydrogens (tertiary/aromatic N) is 1. The fraction of sp³-hybridized carbons (Fsp3) is 0.136. The molecule has 7 nitrogen and oxygen atoms in total. The molecule has 0 unspecified atom stereocenters. The Kier molecular flexibility index (Phi) is 6.44. The number of benzene rings is 2. The van der Waals surface area contributed by atoms with Gasteiger partial charge in [0.1, 0.15) is 17.3 Å². The number of pyridine rings is 1. The maximum Gasteiger partial charge on any atom is 0.303 e. The molecule has 2 aromatic carbocycles. The van der Waals surface area contributed by atoms with Gasteiger partial charge in [0, 0.05) is 17.5 Å². The minimum atomic E-state index is -0.992. The van der Waals surface area contributed by atoms with Crippen LogP contribution in [-0.2, 0) is 11.2 Å². The zero-order chi connectivity index (χ0) is 22.5. The van der Waals surface area contributed by atoms with E-state index in [2.05, 4.69) is 4.98 Å². The summed E-state index contributed by atoms with van der Waals surface area (Å²) in [5, 5.41) is 16.3. The fourth-order valence-electron chi connectivity index (χ4n) is 2.71. The predicted molar refractivity (Wildman–Crippen MR) is 109 cm³/mol. The van der Waals surface area contributed by atoms with Crippen LogP contribution in [0.15, 0.2) is 48.5 Å². The number of nitrogens with one attached hydrogen (secondary N) is 1. The third kappa shape index (κ3) is 5.33. The summed E-state index contributed by atoms with van der Waals surface area (Å²) in [7, 11) is 0. The molecule has 3 aromatic rings. The summed E-state index contributed by atoms with van der Waals surface area (Å²) < 4.78 is 40.1. The maximum atomic E-state index is 14.6. The van der Waals surface area contributed by atoms with Gasteiger partial charge in [-0.15, -0.1) is 0 Å². The molecule has 0 bridgehead atoms. The summed E-state index contributed by atoms with van der Waals surface area (Å²) in [6.07, 6.45) is 0.203. The molecule has 9 heteroatoms. The molecule has 0 aliphatic heterocycles. The zero-order valence-corrected chi connectivity index (χ0v) is 16.5. The molecule has 4 N–H and O–H groups in total. The quantitative estimate of drug-likeness (QED) is 0.358. The Morgan fingerprint density at radius 1 is 1.06 bits per heavy atom. The van der Waals surface area contributed by atoms with E-state index in [1.54, 1.807) is 36.4 Å². The molecule has 0 saturated carbocycles. The van der Waals surface area contributed by atoms with Crippen molar-refractivity contribution in [3.8, 4) is 23.3 Å².